The third-order valence-electron chi connectivity index (χ3n) is 6.53. The number of hydrogen-bond donors (Lipinski definition) is 1. The summed E-state index contributed by atoms with van der Waals surface area (Å²) in [5.74, 6) is 6.97. The van der Waals surface area contributed by atoms with Crippen LogP contribution in [0, 0.1) is 11.8 Å². The van der Waals surface area contributed by atoms with E-state index in [2.05, 4.69) is 21.9 Å². The second kappa shape index (κ2) is 8.52. The topological polar surface area (TPSA) is 66.6 Å². The molecule has 1 heterocycles. The number of aliphatic hydroxyl groups is 1. The number of nitrogens with zero attached hydrogens (tertiary/aromatic N) is 2. The van der Waals surface area contributed by atoms with Crippen LogP contribution in [0.4, 0.5) is 0 Å². The maximum Gasteiger partial charge on any atom is 0.277 e. The zero-order chi connectivity index (χ0) is 20.4. The Kier molecular flexibility index (Phi) is 6.01. The van der Waals surface area contributed by atoms with Crippen LogP contribution < -0.4 is 0 Å². The largest absolute Gasteiger partial charge is 0.378 e. The summed E-state index contributed by atoms with van der Waals surface area (Å²) < 4.78 is 5.65. The van der Waals surface area contributed by atoms with Gasteiger partial charge in [-0.1, -0.05) is 55.5 Å². The monoisotopic (exact) mass is 398 g/mol. The molecule has 0 bridgehead atoms. The van der Waals surface area contributed by atoms with Gasteiger partial charge in [0.25, 0.3) is 5.91 Å². The average molecular weight is 399 g/mol. The van der Waals surface area contributed by atoms with Gasteiger partial charge in [0.05, 0.1) is 0 Å². The summed E-state index contributed by atoms with van der Waals surface area (Å²) in [5.41, 5.74) is -0.152. The Morgan fingerprint density at radius 1 is 1.00 bits per heavy atom. The van der Waals surface area contributed by atoms with Crippen molar-refractivity contribution in [3.8, 4) is 11.8 Å². The van der Waals surface area contributed by atoms with Crippen LogP contribution in [0.15, 0.2) is 4.52 Å². The second-order valence-corrected chi connectivity index (χ2v) is 9.65. The van der Waals surface area contributed by atoms with Crippen molar-refractivity contribution in [2.45, 2.75) is 114 Å². The summed E-state index contributed by atoms with van der Waals surface area (Å²) >= 11 is 0. The third kappa shape index (κ3) is 4.86. The molecule has 3 saturated carbocycles. The summed E-state index contributed by atoms with van der Waals surface area (Å²) in [6.45, 7) is 3.31. The Hall–Kier alpha value is -1.80. The molecule has 0 unspecified atom stereocenters. The van der Waals surface area contributed by atoms with E-state index in [1.807, 2.05) is 0 Å². The fourth-order valence-electron chi connectivity index (χ4n) is 4.88. The van der Waals surface area contributed by atoms with Crippen LogP contribution in [0.5, 0.6) is 0 Å². The highest BCUT2D eigenvalue weighted by Gasteiger charge is 2.38. The third-order valence-corrected chi connectivity index (χ3v) is 6.53. The van der Waals surface area contributed by atoms with Crippen molar-refractivity contribution in [3.05, 3.63) is 17.0 Å². The molecule has 3 aliphatic rings. The number of amides is 1. The molecule has 4 rings (SSSR count). The van der Waals surface area contributed by atoms with Gasteiger partial charge in [0, 0.05) is 18.0 Å². The lowest BCUT2D eigenvalue weighted by Gasteiger charge is -2.41. The van der Waals surface area contributed by atoms with Crippen molar-refractivity contribution in [1.29, 1.82) is 0 Å². The van der Waals surface area contributed by atoms with Gasteiger partial charge in [0.1, 0.15) is 11.2 Å². The molecule has 3 aliphatic carbocycles. The van der Waals surface area contributed by atoms with E-state index in [9.17, 15) is 9.90 Å². The average Bonchev–Trinajstić information content (AvgIpc) is 3.46. The summed E-state index contributed by atoms with van der Waals surface area (Å²) in [7, 11) is 0. The van der Waals surface area contributed by atoms with E-state index < -0.39 is 5.60 Å². The molecule has 0 aliphatic heterocycles. The number of hydrogen-bond acceptors (Lipinski definition) is 4. The molecule has 5 nitrogen and oxygen atoms in total. The molecular formula is C24H34N2O3. The first-order valence-corrected chi connectivity index (χ1v) is 11.5. The zero-order valence-corrected chi connectivity index (χ0v) is 17.9. The molecule has 1 aromatic rings. The van der Waals surface area contributed by atoms with Gasteiger partial charge in [0.2, 0.25) is 0 Å². The second-order valence-electron chi connectivity index (χ2n) is 9.65. The van der Waals surface area contributed by atoms with E-state index in [1.165, 1.54) is 38.5 Å². The van der Waals surface area contributed by atoms with Crippen LogP contribution in [-0.4, -0.2) is 38.8 Å². The summed E-state index contributed by atoms with van der Waals surface area (Å²) in [6, 6.07) is 0.603. The van der Waals surface area contributed by atoms with E-state index in [4.69, 9.17) is 4.52 Å². The molecular weight excluding hydrogens is 364 g/mol. The maximum absolute atomic E-state index is 13.8. The number of carbonyl (C=O) groups excluding carboxylic acids is 1. The van der Waals surface area contributed by atoms with Gasteiger partial charge in [-0.15, -0.1) is 0 Å². The number of carbonyl (C=O) groups is 1. The van der Waals surface area contributed by atoms with Crippen LogP contribution >= 0.6 is 0 Å². The molecule has 0 saturated heterocycles. The van der Waals surface area contributed by atoms with E-state index in [0.29, 0.717) is 29.3 Å². The van der Waals surface area contributed by atoms with Gasteiger partial charge in [-0.05, 0) is 52.4 Å². The highest BCUT2D eigenvalue weighted by Crippen LogP contribution is 2.43. The summed E-state index contributed by atoms with van der Waals surface area (Å²) in [5, 5.41) is 14.3. The highest BCUT2D eigenvalue weighted by molar-refractivity contribution is 5.95. The zero-order valence-electron chi connectivity index (χ0n) is 17.9. The van der Waals surface area contributed by atoms with Gasteiger partial charge < -0.3 is 14.5 Å². The molecule has 0 atom stereocenters. The SMILES string of the molecule is CC(C)(O)C#Cc1c(C(=O)N(C2CCCCC2)C2CCCCC2)noc1C1CC1. The predicted octanol–water partition coefficient (Wildman–Crippen LogP) is 4.78. The van der Waals surface area contributed by atoms with E-state index in [1.54, 1.807) is 13.8 Å². The lowest BCUT2D eigenvalue weighted by Crippen LogP contribution is -2.49. The molecule has 1 N–H and O–H groups in total. The standard InChI is InChI=1S/C24H34N2O3/c1-24(2,28)16-15-20-21(25-29-22(20)17-13-14-17)23(27)26(18-9-5-3-6-10-18)19-11-7-4-8-12-19/h17-19,28H,3-14H2,1-2H3. The van der Waals surface area contributed by atoms with Crippen LogP contribution in [0.25, 0.3) is 0 Å². The summed E-state index contributed by atoms with van der Waals surface area (Å²) in [4.78, 5) is 16.0. The van der Waals surface area contributed by atoms with Crippen LogP contribution in [0.1, 0.15) is 119 Å². The minimum Gasteiger partial charge on any atom is -0.378 e. The Labute approximate surface area is 174 Å². The minimum atomic E-state index is -1.12. The van der Waals surface area contributed by atoms with Crippen molar-refractivity contribution in [3.63, 3.8) is 0 Å². The van der Waals surface area contributed by atoms with Crippen LogP contribution in [-0.2, 0) is 0 Å². The Bertz CT molecular complexity index is 761. The smallest absolute Gasteiger partial charge is 0.277 e. The van der Waals surface area contributed by atoms with Gasteiger partial charge in [-0.25, -0.2) is 0 Å². The molecule has 5 heteroatoms. The highest BCUT2D eigenvalue weighted by atomic mass is 16.5. The predicted molar refractivity (Wildman–Crippen MR) is 112 cm³/mol. The van der Waals surface area contributed by atoms with E-state index >= 15 is 0 Å². The summed E-state index contributed by atoms with van der Waals surface area (Å²) in [6.07, 6.45) is 13.7. The fourth-order valence-corrected chi connectivity index (χ4v) is 4.88. The van der Waals surface area contributed by atoms with Crippen LogP contribution in [0.3, 0.4) is 0 Å². The van der Waals surface area contributed by atoms with Crippen molar-refractivity contribution in [1.82, 2.24) is 10.1 Å². The molecule has 158 valence electrons. The Balaban J connectivity index is 1.68. The van der Waals surface area contributed by atoms with Gasteiger partial charge in [-0.2, -0.15) is 0 Å². The number of rotatable bonds is 4. The lowest BCUT2D eigenvalue weighted by molar-refractivity contribution is 0.0438. The van der Waals surface area contributed by atoms with Gasteiger partial charge in [-0.3, -0.25) is 4.79 Å². The quantitative estimate of drug-likeness (QED) is 0.741. The first kappa shape index (κ1) is 20.5. The first-order valence-electron chi connectivity index (χ1n) is 11.5. The van der Waals surface area contributed by atoms with Crippen LogP contribution in [0.2, 0.25) is 0 Å². The Morgan fingerprint density at radius 3 is 2.03 bits per heavy atom. The minimum absolute atomic E-state index is 0.0144. The molecule has 0 spiro atoms. The first-order chi connectivity index (χ1) is 13.9. The van der Waals surface area contributed by atoms with E-state index in [-0.39, 0.29) is 5.91 Å². The fraction of sp³-hybridized carbons (Fsp3) is 0.750. The molecule has 0 radical (unpaired) electrons. The van der Waals surface area contributed by atoms with Crippen molar-refractivity contribution < 1.29 is 14.4 Å². The molecule has 1 aromatic heterocycles. The number of aromatic nitrogens is 1. The normalized spacial score (nSPS) is 21.5. The van der Waals surface area contributed by atoms with Crippen molar-refractivity contribution in [2.24, 2.45) is 0 Å². The van der Waals surface area contributed by atoms with Gasteiger partial charge >= 0.3 is 0 Å². The molecule has 29 heavy (non-hydrogen) atoms. The Morgan fingerprint density at radius 2 is 1.55 bits per heavy atom. The van der Waals surface area contributed by atoms with E-state index in [0.717, 1.165) is 44.3 Å². The van der Waals surface area contributed by atoms with Crippen molar-refractivity contribution in [2.75, 3.05) is 0 Å². The molecule has 1 amide bonds. The van der Waals surface area contributed by atoms with Crippen molar-refractivity contribution >= 4 is 5.91 Å². The van der Waals surface area contributed by atoms with Gasteiger partial charge in [0.15, 0.2) is 11.5 Å². The lowest BCUT2D eigenvalue weighted by atomic mass is 9.88. The maximum atomic E-state index is 13.8. The molecule has 0 aromatic carbocycles. The molecule has 3 fully saturated rings.